The van der Waals surface area contributed by atoms with Crippen LogP contribution in [0.15, 0.2) is 18.2 Å². The zero-order valence-corrected chi connectivity index (χ0v) is 11.4. The number of alkyl halides is 3. The number of nitrogens with zero attached hydrogens (tertiary/aromatic N) is 1. The summed E-state index contributed by atoms with van der Waals surface area (Å²) in [6.07, 6.45) is -2.44. The molecule has 0 saturated carbocycles. The van der Waals surface area contributed by atoms with Crippen LogP contribution in [0.1, 0.15) is 18.4 Å². The minimum Gasteiger partial charge on any atom is -0.484 e. The molecule has 0 atom stereocenters. The summed E-state index contributed by atoms with van der Waals surface area (Å²) in [6.45, 7) is 2.25. The van der Waals surface area contributed by atoms with Crippen molar-refractivity contribution in [2.75, 3.05) is 24.6 Å². The molecule has 20 heavy (non-hydrogen) atoms. The molecule has 1 fully saturated rings. The first-order valence-corrected chi connectivity index (χ1v) is 6.66. The van der Waals surface area contributed by atoms with E-state index in [1.165, 1.54) is 0 Å². The van der Waals surface area contributed by atoms with Crippen LogP contribution in [0, 0.1) is 6.92 Å². The Bertz CT molecular complexity index is 454. The van der Waals surface area contributed by atoms with Gasteiger partial charge in [0.05, 0.1) is 0 Å². The molecule has 0 aromatic heterocycles. The first-order valence-electron chi connectivity index (χ1n) is 6.66. The fourth-order valence-corrected chi connectivity index (χ4v) is 2.31. The maximum absolute atomic E-state index is 12.1. The lowest BCUT2D eigenvalue weighted by atomic mass is 10.0. The molecule has 1 aromatic rings. The third-order valence-corrected chi connectivity index (χ3v) is 3.45. The van der Waals surface area contributed by atoms with E-state index in [9.17, 15) is 13.2 Å². The normalized spacial score (nSPS) is 17.4. The molecule has 0 amide bonds. The van der Waals surface area contributed by atoms with Crippen LogP contribution >= 0.6 is 0 Å². The molecular formula is C14H19F3N2O. The number of ether oxygens (including phenoxy) is 1. The Morgan fingerprint density at radius 2 is 1.95 bits per heavy atom. The number of anilines is 1. The number of halogens is 3. The second-order valence-electron chi connectivity index (χ2n) is 5.18. The van der Waals surface area contributed by atoms with Gasteiger partial charge in [-0.15, -0.1) is 0 Å². The largest absolute Gasteiger partial charge is 0.484 e. The summed E-state index contributed by atoms with van der Waals surface area (Å²) in [4.78, 5) is 2.20. The molecule has 112 valence electrons. The first-order chi connectivity index (χ1) is 9.35. The van der Waals surface area contributed by atoms with Crippen molar-refractivity contribution in [3.8, 4) is 5.75 Å². The van der Waals surface area contributed by atoms with Crippen molar-refractivity contribution in [1.82, 2.24) is 0 Å². The average Bonchev–Trinajstić information content (AvgIpc) is 2.37. The third-order valence-electron chi connectivity index (χ3n) is 3.45. The summed E-state index contributed by atoms with van der Waals surface area (Å²) >= 11 is 0. The zero-order valence-electron chi connectivity index (χ0n) is 11.4. The van der Waals surface area contributed by atoms with Gasteiger partial charge in [-0.05, 0) is 43.5 Å². The van der Waals surface area contributed by atoms with E-state index in [0.29, 0.717) is 5.56 Å². The molecule has 0 aliphatic carbocycles. The van der Waals surface area contributed by atoms with Gasteiger partial charge in [0.1, 0.15) is 5.75 Å². The van der Waals surface area contributed by atoms with Crippen molar-refractivity contribution in [2.45, 2.75) is 32.0 Å². The number of benzene rings is 1. The summed E-state index contributed by atoms with van der Waals surface area (Å²) in [5, 5.41) is 0. The Morgan fingerprint density at radius 1 is 1.30 bits per heavy atom. The highest BCUT2D eigenvalue weighted by Gasteiger charge is 2.28. The van der Waals surface area contributed by atoms with Gasteiger partial charge >= 0.3 is 6.18 Å². The van der Waals surface area contributed by atoms with Gasteiger partial charge in [0.15, 0.2) is 6.61 Å². The van der Waals surface area contributed by atoms with Gasteiger partial charge in [0.2, 0.25) is 0 Å². The van der Waals surface area contributed by atoms with Gasteiger partial charge in [0, 0.05) is 24.8 Å². The number of hydrogen-bond acceptors (Lipinski definition) is 3. The molecule has 1 aliphatic heterocycles. The van der Waals surface area contributed by atoms with E-state index in [2.05, 4.69) is 4.90 Å². The SMILES string of the molecule is Cc1cc(N2CCC(N)CC2)ccc1OCC(F)(F)F. The number of piperidine rings is 1. The van der Waals surface area contributed by atoms with E-state index in [4.69, 9.17) is 10.5 Å². The fourth-order valence-electron chi connectivity index (χ4n) is 2.31. The van der Waals surface area contributed by atoms with Crippen LogP contribution < -0.4 is 15.4 Å². The van der Waals surface area contributed by atoms with Crippen LogP contribution in [0.25, 0.3) is 0 Å². The van der Waals surface area contributed by atoms with Crippen molar-refractivity contribution in [2.24, 2.45) is 5.73 Å². The van der Waals surface area contributed by atoms with Gasteiger partial charge in [-0.25, -0.2) is 0 Å². The molecule has 2 rings (SSSR count). The second-order valence-corrected chi connectivity index (χ2v) is 5.18. The zero-order chi connectivity index (χ0) is 14.8. The molecule has 0 radical (unpaired) electrons. The van der Waals surface area contributed by atoms with Crippen molar-refractivity contribution >= 4 is 5.69 Å². The summed E-state index contributed by atoms with van der Waals surface area (Å²) in [7, 11) is 0. The Labute approximate surface area is 116 Å². The Hall–Kier alpha value is -1.43. The van der Waals surface area contributed by atoms with Crippen LogP contribution in [0.4, 0.5) is 18.9 Å². The monoisotopic (exact) mass is 288 g/mol. The van der Waals surface area contributed by atoms with Gasteiger partial charge in [-0.1, -0.05) is 0 Å². The van der Waals surface area contributed by atoms with Crippen molar-refractivity contribution in [3.05, 3.63) is 23.8 Å². The van der Waals surface area contributed by atoms with Crippen molar-refractivity contribution in [3.63, 3.8) is 0 Å². The number of hydrogen-bond donors (Lipinski definition) is 1. The van der Waals surface area contributed by atoms with E-state index in [-0.39, 0.29) is 11.8 Å². The molecule has 3 nitrogen and oxygen atoms in total. The molecule has 6 heteroatoms. The predicted molar refractivity (Wildman–Crippen MR) is 72.2 cm³/mol. The van der Waals surface area contributed by atoms with Crippen molar-refractivity contribution < 1.29 is 17.9 Å². The summed E-state index contributed by atoms with van der Waals surface area (Å²) in [5.74, 6) is 0.278. The minimum atomic E-state index is -4.31. The van der Waals surface area contributed by atoms with E-state index < -0.39 is 12.8 Å². The van der Waals surface area contributed by atoms with Gasteiger partial charge in [-0.3, -0.25) is 0 Å². The Morgan fingerprint density at radius 3 is 2.50 bits per heavy atom. The third kappa shape index (κ3) is 4.03. The number of aryl methyl sites for hydroxylation is 1. The van der Waals surface area contributed by atoms with Crippen LogP contribution in [0.2, 0.25) is 0 Å². The number of nitrogens with two attached hydrogens (primary N) is 1. The van der Waals surface area contributed by atoms with E-state index in [1.54, 1.807) is 19.1 Å². The topological polar surface area (TPSA) is 38.5 Å². The van der Waals surface area contributed by atoms with Crippen LogP contribution in [0.5, 0.6) is 5.75 Å². The van der Waals surface area contributed by atoms with Crippen LogP contribution in [0.3, 0.4) is 0 Å². The van der Waals surface area contributed by atoms with Gasteiger partial charge in [-0.2, -0.15) is 13.2 Å². The predicted octanol–water partition coefficient (Wildman–Crippen LogP) is 2.86. The highest BCUT2D eigenvalue weighted by molar-refractivity contribution is 5.53. The maximum atomic E-state index is 12.1. The average molecular weight is 288 g/mol. The highest BCUT2D eigenvalue weighted by Crippen LogP contribution is 2.27. The van der Waals surface area contributed by atoms with Crippen LogP contribution in [-0.2, 0) is 0 Å². The lowest BCUT2D eigenvalue weighted by Crippen LogP contribution is -2.39. The lowest BCUT2D eigenvalue weighted by Gasteiger charge is -2.32. The molecule has 1 saturated heterocycles. The van der Waals surface area contributed by atoms with E-state index in [0.717, 1.165) is 31.6 Å². The molecule has 1 aromatic carbocycles. The fraction of sp³-hybridized carbons (Fsp3) is 0.571. The standard InChI is InChI=1S/C14H19F3N2O/c1-10-8-12(19-6-4-11(18)5-7-19)2-3-13(10)20-9-14(15,16)17/h2-3,8,11H,4-7,9,18H2,1H3. The summed E-state index contributed by atoms with van der Waals surface area (Å²) in [5.41, 5.74) is 7.57. The first kappa shape index (κ1) is 15.0. The highest BCUT2D eigenvalue weighted by atomic mass is 19.4. The molecule has 0 spiro atoms. The minimum absolute atomic E-state index is 0.252. The number of rotatable bonds is 3. The molecular weight excluding hydrogens is 269 g/mol. The summed E-state index contributed by atoms with van der Waals surface area (Å²) < 4.78 is 41.2. The van der Waals surface area contributed by atoms with Crippen molar-refractivity contribution in [1.29, 1.82) is 0 Å². The second kappa shape index (κ2) is 5.91. The van der Waals surface area contributed by atoms with Gasteiger partial charge in [0.25, 0.3) is 0 Å². The summed E-state index contributed by atoms with van der Waals surface area (Å²) in [6, 6.07) is 5.52. The molecule has 1 heterocycles. The van der Waals surface area contributed by atoms with E-state index in [1.807, 2.05) is 6.07 Å². The smallest absolute Gasteiger partial charge is 0.422 e. The molecule has 1 aliphatic rings. The van der Waals surface area contributed by atoms with E-state index >= 15 is 0 Å². The molecule has 0 bridgehead atoms. The molecule has 2 N–H and O–H groups in total. The maximum Gasteiger partial charge on any atom is 0.422 e. The quantitative estimate of drug-likeness (QED) is 0.929. The Balaban J connectivity index is 2.02. The lowest BCUT2D eigenvalue weighted by molar-refractivity contribution is -0.153. The van der Waals surface area contributed by atoms with Gasteiger partial charge < -0.3 is 15.4 Å². The van der Waals surface area contributed by atoms with Crippen LogP contribution in [-0.4, -0.2) is 31.9 Å². The molecule has 0 unspecified atom stereocenters. The Kier molecular flexibility index (Phi) is 4.42.